The quantitative estimate of drug-likeness (QED) is 0.468. The first-order valence-corrected chi connectivity index (χ1v) is 10.3. The molecule has 0 aliphatic carbocycles. The number of aromatic amines is 1. The molecule has 0 spiro atoms. The fourth-order valence-electron chi connectivity index (χ4n) is 4.00. The molecule has 0 atom stereocenters. The van der Waals surface area contributed by atoms with Crippen LogP contribution in [-0.2, 0) is 6.42 Å². The minimum atomic E-state index is -0.124. The summed E-state index contributed by atoms with van der Waals surface area (Å²) in [7, 11) is 0. The molecule has 2 heterocycles. The number of aromatic nitrogens is 4. The number of H-pyrrole nitrogens is 1. The van der Waals surface area contributed by atoms with E-state index in [9.17, 15) is 4.79 Å². The van der Waals surface area contributed by atoms with Crippen LogP contribution in [0.5, 0.6) is 0 Å². The highest BCUT2D eigenvalue weighted by atomic mass is 16.1. The maximum absolute atomic E-state index is 13.3. The van der Waals surface area contributed by atoms with E-state index in [-0.39, 0.29) is 11.5 Å². The van der Waals surface area contributed by atoms with Crippen molar-refractivity contribution in [3.05, 3.63) is 135 Å². The normalized spacial score (nSPS) is 11.3. The molecule has 5 aromatic rings. The van der Waals surface area contributed by atoms with E-state index >= 15 is 0 Å². The summed E-state index contributed by atoms with van der Waals surface area (Å²) in [6.07, 6.45) is 0.538. The SMILES string of the molecule is Cc1nc2nc(C(c3ccccc3)c3ccccc3)[nH]n2c(=O)c1Cc1ccccc1. The molecule has 0 fully saturated rings. The van der Waals surface area contributed by atoms with Gasteiger partial charge in [0.25, 0.3) is 11.3 Å². The lowest BCUT2D eigenvalue weighted by atomic mass is 9.91. The van der Waals surface area contributed by atoms with E-state index in [1.54, 1.807) is 0 Å². The van der Waals surface area contributed by atoms with Crippen molar-refractivity contribution in [1.29, 1.82) is 0 Å². The van der Waals surface area contributed by atoms with Crippen LogP contribution >= 0.6 is 0 Å². The van der Waals surface area contributed by atoms with Crippen molar-refractivity contribution in [3.63, 3.8) is 0 Å². The molecule has 5 rings (SSSR count). The van der Waals surface area contributed by atoms with Gasteiger partial charge in [-0.05, 0) is 23.6 Å². The zero-order valence-electron chi connectivity index (χ0n) is 17.2. The van der Waals surface area contributed by atoms with Crippen LogP contribution in [0.25, 0.3) is 5.78 Å². The van der Waals surface area contributed by atoms with Gasteiger partial charge in [-0.25, -0.2) is 4.98 Å². The molecule has 0 saturated carbocycles. The monoisotopic (exact) mass is 406 g/mol. The lowest BCUT2D eigenvalue weighted by Gasteiger charge is -2.15. The van der Waals surface area contributed by atoms with E-state index in [1.165, 1.54) is 4.52 Å². The van der Waals surface area contributed by atoms with Crippen molar-refractivity contribution in [2.75, 3.05) is 0 Å². The number of nitrogens with zero attached hydrogens (tertiary/aromatic N) is 3. The number of benzene rings is 3. The number of fused-ring (bicyclic) bond motifs is 1. The van der Waals surface area contributed by atoms with Crippen molar-refractivity contribution < 1.29 is 0 Å². The molecular formula is C26H22N4O. The standard InChI is InChI=1S/C26H22N4O/c1-18-22(17-19-11-5-2-6-12-19)25(31)30-26(27-18)28-24(29-30)23(20-13-7-3-8-14-20)21-15-9-4-10-16-21/h2-16,23H,17H2,1H3,(H,27,28,29). The molecule has 0 saturated heterocycles. The van der Waals surface area contributed by atoms with Crippen molar-refractivity contribution in [2.45, 2.75) is 19.3 Å². The Morgan fingerprint density at radius 1 is 0.806 bits per heavy atom. The molecule has 0 radical (unpaired) electrons. The lowest BCUT2D eigenvalue weighted by Crippen LogP contribution is -2.22. The molecule has 0 bridgehead atoms. The fraction of sp³-hybridized carbons (Fsp3) is 0.115. The number of rotatable bonds is 5. The molecule has 5 heteroatoms. The maximum atomic E-state index is 13.3. The predicted molar refractivity (Wildman–Crippen MR) is 121 cm³/mol. The Balaban J connectivity index is 1.65. The zero-order valence-corrected chi connectivity index (χ0v) is 17.2. The van der Waals surface area contributed by atoms with Crippen LogP contribution in [0.3, 0.4) is 0 Å². The fourth-order valence-corrected chi connectivity index (χ4v) is 4.00. The van der Waals surface area contributed by atoms with E-state index in [1.807, 2.05) is 73.7 Å². The molecule has 31 heavy (non-hydrogen) atoms. The summed E-state index contributed by atoms with van der Waals surface area (Å²) in [6.45, 7) is 1.87. The second-order valence-electron chi connectivity index (χ2n) is 7.64. The third-order valence-corrected chi connectivity index (χ3v) is 5.58. The topological polar surface area (TPSA) is 63.1 Å². The van der Waals surface area contributed by atoms with Gasteiger partial charge in [0.05, 0.1) is 11.6 Å². The van der Waals surface area contributed by atoms with Gasteiger partial charge in [0.15, 0.2) is 0 Å². The summed E-state index contributed by atoms with van der Waals surface area (Å²) in [4.78, 5) is 22.7. The average molecular weight is 406 g/mol. The summed E-state index contributed by atoms with van der Waals surface area (Å²) in [5.74, 6) is 0.964. The second-order valence-corrected chi connectivity index (χ2v) is 7.64. The summed E-state index contributed by atoms with van der Waals surface area (Å²) in [5.41, 5.74) is 4.56. The lowest BCUT2D eigenvalue weighted by molar-refractivity contribution is 0.803. The van der Waals surface area contributed by atoms with Gasteiger partial charge in [0, 0.05) is 12.0 Å². The van der Waals surface area contributed by atoms with Crippen LogP contribution in [0.15, 0.2) is 95.8 Å². The smallest absolute Gasteiger partial charge is 0.274 e. The minimum Gasteiger partial charge on any atom is -0.274 e. The molecule has 3 aromatic carbocycles. The summed E-state index contributed by atoms with van der Waals surface area (Å²) >= 11 is 0. The van der Waals surface area contributed by atoms with Gasteiger partial charge < -0.3 is 0 Å². The van der Waals surface area contributed by atoms with Crippen LogP contribution in [0.4, 0.5) is 0 Å². The average Bonchev–Trinajstić information content (AvgIpc) is 3.22. The highest BCUT2D eigenvalue weighted by Gasteiger charge is 2.22. The molecule has 0 amide bonds. The third-order valence-electron chi connectivity index (χ3n) is 5.58. The molecular weight excluding hydrogens is 384 g/mol. The van der Waals surface area contributed by atoms with Gasteiger partial charge in [-0.15, -0.1) is 0 Å². The molecule has 0 aliphatic heterocycles. The van der Waals surface area contributed by atoms with Crippen LogP contribution < -0.4 is 5.56 Å². The number of hydrogen-bond acceptors (Lipinski definition) is 3. The van der Waals surface area contributed by atoms with Crippen LogP contribution in [0.1, 0.15) is 39.7 Å². The molecule has 0 unspecified atom stereocenters. The third kappa shape index (κ3) is 3.66. The number of hydrogen-bond donors (Lipinski definition) is 1. The van der Waals surface area contributed by atoms with E-state index in [0.717, 1.165) is 16.7 Å². The van der Waals surface area contributed by atoms with E-state index in [4.69, 9.17) is 4.98 Å². The van der Waals surface area contributed by atoms with E-state index < -0.39 is 0 Å². The van der Waals surface area contributed by atoms with Crippen LogP contribution in [0, 0.1) is 6.92 Å². The van der Waals surface area contributed by atoms with Gasteiger partial charge in [0.1, 0.15) is 5.82 Å². The van der Waals surface area contributed by atoms with Gasteiger partial charge in [-0.1, -0.05) is 91.0 Å². The Hall–Kier alpha value is -3.99. The van der Waals surface area contributed by atoms with Crippen molar-refractivity contribution in [3.8, 4) is 0 Å². The molecule has 5 nitrogen and oxygen atoms in total. The largest absolute Gasteiger partial charge is 0.277 e. The summed E-state index contributed by atoms with van der Waals surface area (Å²) in [6, 6.07) is 30.3. The molecule has 0 aliphatic rings. The highest BCUT2D eigenvalue weighted by molar-refractivity contribution is 5.42. The summed E-state index contributed by atoms with van der Waals surface area (Å²) < 4.78 is 1.47. The van der Waals surface area contributed by atoms with Gasteiger partial charge in [-0.3, -0.25) is 9.89 Å². The second kappa shape index (κ2) is 8.03. The first kappa shape index (κ1) is 19.0. The van der Waals surface area contributed by atoms with Crippen LogP contribution in [0.2, 0.25) is 0 Å². The van der Waals surface area contributed by atoms with Crippen molar-refractivity contribution >= 4 is 5.78 Å². The Labute approximate surface area is 180 Å². The van der Waals surface area contributed by atoms with Crippen molar-refractivity contribution in [2.24, 2.45) is 0 Å². The Morgan fingerprint density at radius 3 is 1.94 bits per heavy atom. The number of aryl methyl sites for hydroxylation is 1. The van der Waals surface area contributed by atoms with E-state index in [0.29, 0.717) is 29.3 Å². The highest BCUT2D eigenvalue weighted by Crippen LogP contribution is 2.29. The molecule has 1 N–H and O–H groups in total. The Kier molecular flexibility index (Phi) is 4.92. The number of nitrogens with one attached hydrogen (secondary N) is 1. The minimum absolute atomic E-state index is 0.107. The first-order valence-electron chi connectivity index (χ1n) is 10.3. The Bertz CT molecular complexity index is 1330. The summed E-state index contributed by atoms with van der Waals surface area (Å²) in [5, 5.41) is 3.24. The zero-order chi connectivity index (χ0) is 21.2. The predicted octanol–water partition coefficient (Wildman–Crippen LogP) is 4.50. The van der Waals surface area contributed by atoms with E-state index in [2.05, 4.69) is 34.3 Å². The first-order chi connectivity index (χ1) is 15.2. The van der Waals surface area contributed by atoms with Crippen molar-refractivity contribution in [1.82, 2.24) is 19.6 Å². The van der Waals surface area contributed by atoms with Gasteiger partial charge in [-0.2, -0.15) is 9.50 Å². The molecule has 2 aromatic heterocycles. The maximum Gasteiger partial charge on any atom is 0.277 e. The Morgan fingerprint density at radius 2 is 1.35 bits per heavy atom. The van der Waals surface area contributed by atoms with Crippen LogP contribution in [-0.4, -0.2) is 19.6 Å². The van der Waals surface area contributed by atoms with Gasteiger partial charge >= 0.3 is 0 Å². The van der Waals surface area contributed by atoms with Gasteiger partial charge in [0.2, 0.25) is 0 Å². The molecule has 152 valence electrons.